The third kappa shape index (κ3) is 1.82. The second-order valence-corrected chi connectivity index (χ2v) is 6.12. The fraction of sp³-hybridized carbons (Fsp3) is 1.00. The Morgan fingerprint density at radius 3 is 2.57 bits per heavy atom. The van der Waals surface area contributed by atoms with Gasteiger partial charge in [0.2, 0.25) is 0 Å². The Morgan fingerprint density at radius 2 is 2.00 bits per heavy atom. The summed E-state index contributed by atoms with van der Waals surface area (Å²) >= 11 is 0. The lowest BCUT2D eigenvalue weighted by molar-refractivity contribution is 0.0321. The molecule has 2 aliphatic rings. The van der Waals surface area contributed by atoms with E-state index in [0.717, 1.165) is 5.92 Å². The van der Waals surface area contributed by atoms with Crippen LogP contribution in [0, 0.1) is 11.3 Å². The van der Waals surface area contributed by atoms with E-state index in [4.69, 9.17) is 0 Å². The molecule has 4 atom stereocenters. The summed E-state index contributed by atoms with van der Waals surface area (Å²) in [4.78, 5) is 0. The van der Waals surface area contributed by atoms with E-state index in [2.05, 4.69) is 26.1 Å². The Hall–Kier alpha value is -0.0800. The molecule has 14 heavy (non-hydrogen) atoms. The summed E-state index contributed by atoms with van der Waals surface area (Å²) in [6.45, 7) is 6.36. The topological polar surface area (TPSA) is 32.3 Å². The van der Waals surface area contributed by atoms with Crippen LogP contribution in [0.3, 0.4) is 0 Å². The average molecular weight is 197 g/mol. The molecule has 0 spiro atoms. The zero-order valence-corrected chi connectivity index (χ0v) is 9.59. The third-order valence-corrected chi connectivity index (χ3v) is 3.91. The second-order valence-electron chi connectivity index (χ2n) is 6.12. The van der Waals surface area contributed by atoms with E-state index in [9.17, 15) is 5.11 Å². The maximum Gasteiger partial charge on any atom is 0.0741 e. The summed E-state index contributed by atoms with van der Waals surface area (Å²) in [6.07, 6.45) is 5.04. The van der Waals surface area contributed by atoms with Crippen molar-refractivity contribution in [3.8, 4) is 0 Å². The lowest BCUT2D eigenvalue weighted by Gasteiger charge is -2.31. The predicted octanol–water partition coefficient (Wildman–Crippen LogP) is 1.92. The van der Waals surface area contributed by atoms with Crippen molar-refractivity contribution in [2.45, 2.75) is 64.6 Å². The number of nitrogens with one attached hydrogen (secondary N) is 1. The quantitative estimate of drug-likeness (QED) is 0.673. The van der Waals surface area contributed by atoms with Crippen molar-refractivity contribution in [1.29, 1.82) is 0 Å². The van der Waals surface area contributed by atoms with E-state index < -0.39 is 0 Å². The molecular formula is C12H23NO. The molecule has 2 nitrogen and oxygen atoms in total. The minimum atomic E-state index is -0.201. The molecular weight excluding hydrogens is 174 g/mol. The molecule has 1 aliphatic carbocycles. The summed E-state index contributed by atoms with van der Waals surface area (Å²) in [5.41, 5.74) is 0.0102. The van der Waals surface area contributed by atoms with Gasteiger partial charge in [-0.1, -0.05) is 27.2 Å². The molecule has 0 aromatic rings. The van der Waals surface area contributed by atoms with Gasteiger partial charge in [-0.05, 0) is 30.6 Å². The van der Waals surface area contributed by atoms with Gasteiger partial charge in [-0.2, -0.15) is 0 Å². The highest BCUT2D eigenvalue weighted by atomic mass is 16.3. The first-order valence-corrected chi connectivity index (χ1v) is 5.92. The highest BCUT2D eigenvalue weighted by molar-refractivity contribution is 4.99. The number of aliphatic hydroxyl groups excluding tert-OH is 1. The van der Waals surface area contributed by atoms with Gasteiger partial charge < -0.3 is 10.4 Å². The monoisotopic (exact) mass is 197 g/mol. The van der Waals surface area contributed by atoms with Gasteiger partial charge in [0.15, 0.2) is 0 Å². The van der Waals surface area contributed by atoms with Crippen LogP contribution in [0.1, 0.15) is 46.5 Å². The van der Waals surface area contributed by atoms with Crippen molar-refractivity contribution in [2.75, 3.05) is 0 Å². The Bertz CT molecular complexity index is 197. The van der Waals surface area contributed by atoms with Crippen molar-refractivity contribution in [2.24, 2.45) is 11.3 Å². The van der Waals surface area contributed by atoms with E-state index in [-0.39, 0.29) is 11.5 Å². The zero-order chi connectivity index (χ0) is 10.3. The van der Waals surface area contributed by atoms with Gasteiger partial charge in [-0.3, -0.25) is 0 Å². The van der Waals surface area contributed by atoms with Crippen molar-refractivity contribution in [3.63, 3.8) is 0 Å². The predicted molar refractivity (Wildman–Crippen MR) is 58.1 cm³/mol. The standard InChI is InChI=1S/C12H23NO/c1-12(2,3)11(14)10-7-8-5-4-6-9(8)13-10/h8-11,13-14H,4-7H2,1-3H3. The Morgan fingerprint density at radius 1 is 1.29 bits per heavy atom. The maximum atomic E-state index is 10.2. The summed E-state index contributed by atoms with van der Waals surface area (Å²) in [5, 5.41) is 13.8. The van der Waals surface area contributed by atoms with Gasteiger partial charge in [0.05, 0.1) is 6.10 Å². The molecule has 82 valence electrons. The van der Waals surface area contributed by atoms with Crippen molar-refractivity contribution < 1.29 is 5.11 Å². The highest BCUT2D eigenvalue weighted by Gasteiger charge is 2.42. The number of hydrogen-bond acceptors (Lipinski definition) is 2. The second kappa shape index (κ2) is 3.49. The minimum absolute atomic E-state index is 0.0102. The lowest BCUT2D eigenvalue weighted by atomic mass is 9.83. The van der Waals surface area contributed by atoms with Crippen molar-refractivity contribution in [1.82, 2.24) is 5.32 Å². The normalized spacial score (nSPS) is 39.9. The molecule has 1 saturated carbocycles. The number of hydrogen-bond donors (Lipinski definition) is 2. The Kier molecular flexibility index (Phi) is 2.61. The summed E-state index contributed by atoms with van der Waals surface area (Å²) in [7, 11) is 0. The smallest absolute Gasteiger partial charge is 0.0741 e. The first-order valence-electron chi connectivity index (χ1n) is 5.92. The fourth-order valence-electron chi connectivity index (χ4n) is 3.03. The van der Waals surface area contributed by atoms with Crippen LogP contribution in [0.2, 0.25) is 0 Å². The van der Waals surface area contributed by atoms with Crippen LogP contribution < -0.4 is 5.32 Å². The summed E-state index contributed by atoms with van der Waals surface area (Å²) < 4.78 is 0. The molecule has 0 bridgehead atoms. The molecule has 0 amide bonds. The summed E-state index contributed by atoms with van der Waals surface area (Å²) in [5.74, 6) is 0.844. The molecule has 1 heterocycles. The van der Waals surface area contributed by atoms with Crippen LogP contribution in [-0.2, 0) is 0 Å². The summed E-state index contributed by atoms with van der Waals surface area (Å²) in [6, 6.07) is 1.04. The van der Waals surface area contributed by atoms with E-state index in [1.807, 2.05) is 0 Å². The first kappa shape index (κ1) is 10.4. The van der Waals surface area contributed by atoms with Crippen LogP contribution >= 0.6 is 0 Å². The van der Waals surface area contributed by atoms with Gasteiger partial charge >= 0.3 is 0 Å². The number of rotatable bonds is 1. The molecule has 2 rings (SSSR count). The van der Waals surface area contributed by atoms with Gasteiger partial charge in [0.1, 0.15) is 0 Å². The minimum Gasteiger partial charge on any atom is -0.391 e. The first-order chi connectivity index (χ1) is 6.48. The lowest BCUT2D eigenvalue weighted by Crippen LogP contribution is -2.44. The number of aliphatic hydroxyl groups is 1. The molecule has 0 radical (unpaired) electrons. The van der Waals surface area contributed by atoms with Crippen LogP contribution in [0.4, 0.5) is 0 Å². The van der Waals surface area contributed by atoms with Crippen LogP contribution in [0.5, 0.6) is 0 Å². The molecule has 1 saturated heterocycles. The van der Waals surface area contributed by atoms with E-state index in [1.54, 1.807) is 0 Å². The molecule has 4 unspecified atom stereocenters. The fourth-order valence-corrected chi connectivity index (χ4v) is 3.03. The van der Waals surface area contributed by atoms with Gasteiger partial charge in [-0.15, -0.1) is 0 Å². The Labute approximate surface area is 87.1 Å². The average Bonchev–Trinajstić information content (AvgIpc) is 2.58. The third-order valence-electron chi connectivity index (χ3n) is 3.91. The van der Waals surface area contributed by atoms with E-state index in [0.29, 0.717) is 12.1 Å². The van der Waals surface area contributed by atoms with Gasteiger partial charge in [-0.25, -0.2) is 0 Å². The largest absolute Gasteiger partial charge is 0.391 e. The molecule has 0 aromatic carbocycles. The van der Waals surface area contributed by atoms with E-state index >= 15 is 0 Å². The van der Waals surface area contributed by atoms with Crippen molar-refractivity contribution in [3.05, 3.63) is 0 Å². The zero-order valence-electron chi connectivity index (χ0n) is 9.59. The van der Waals surface area contributed by atoms with Crippen LogP contribution in [0.25, 0.3) is 0 Å². The number of fused-ring (bicyclic) bond motifs is 1. The maximum absolute atomic E-state index is 10.2. The van der Waals surface area contributed by atoms with Crippen LogP contribution in [-0.4, -0.2) is 23.3 Å². The Balaban J connectivity index is 1.96. The molecule has 2 N–H and O–H groups in total. The van der Waals surface area contributed by atoms with Crippen LogP contribution in [0.15, 0.2) is 0 Å². The molecule has 2 heteroatoms. The molecule has 0 aromatic heterocycles. The SMILES string of the molecule is CC(C)(C)C(O)C1CC2CCCC2N1. The highest BCUT2D eigenvalue weighted by Crippen LogP contribution is 2.38. The van der Waals surface area contributed by atoms with Crippen molar-refractivity contribution >= 4 is 0 Å². The van der Waals surface area contributed by atoms with E-state index in [1.165, 1.54) is 25.7 Å². The van der Waals surface area contributed by atoms with Gasteiger partial charge in [0, 0.05) is 12.1 Å². The molecule has 1 aliphatic heterocycles. The van der Waals surface area contributed by atoms with Gasteiger partial charge in [0.25, 0.3) is 0 Å². The molecule has 2 fully saturated rings.